The highest BCUT2D eigenvalue weighted by atomic mass is 16.5. The number of methoxy groups -OCH3 is 3. The van der Waals surface area contributed by atoms with Crippen LogP contribution >= 0.6 is 0 Å². The van der Waals surface area contributed by atoms with E-state index in [1.54, 1.807) is 33.5 Å². The molecule has 144 valence electrons. The molecule has 3 N–H and O–H groups in total. The Hall–Kier alpha value is -2.48. The van der Waals surface area contributed by atoms with Crippen molar-refractivity contribution in [1.29, 1.82) is 0 Å². The van der Waals surface area contributed by atoms with Crippen molar-refractivity contribution in [2.75, 3.05) is 41.0 Å². The number of hydrogen-bond donors (Lipinski definition) is 2. The molecule has 1 saturated heterocycles. The van der Waals surface area contributed by atoms with Gasteiger partial charge in [0.05, 0.1) is 33.8 Å². The Bertz CT molecular complexity index is 625. The predicted octanol–water partition coefficient (Wildman–Crippen LogP) is 0.526. The molecule has 1 aromatic carbocycles. The van der Waals surface area contributed by atoms with Crippen molar-refractivity contribution in [1.82, 2.24) is 10.2 Å². The number of ether oxygens (including phenoxy) is 3. The molecule has 8 nitrogen and oxygen atoms in total. The molecule has 0 aliphatic carbocycles. The van der Waals surface area contributed by atoms with Gasteiger partial charge in [0.2, 0.25) is 17.6 Å². The van der Waals surface area contributed by atoms with Gasteiger partial charge in [-0.1, -0.05) is 0 Å². The minimum Gasteiger partial charge on any atom is -0.493 e. The molecule has 0 radical (unpaired) electrons. The van der Waals surface area contributed by atoms with E-state index in [0.717, 1.165) is 24.9 Å². The Labute approximate surface area is 153 Å². The van der Waals surface area contributed by atoms with Crippen LogP contribution in [0.3, 0.4) is 0 Å². The average Bonchev–Trinajstić information content (AvgIpc) is 2.65. The summed E-state index contributed by atoms with van der Waals surface area (Å²) < 4.78 is 15.9. The Morgan fingerprint density at radius 1 is 1.19 bits per heavy atom. The molecule has 0 spiro atoms. The van der Waals surface area contributed by atoms with Crippen molar-refractivity contribution >= 4 is 11.8 Å². The van der Waals surface area contributed by atoms with Crippen molar-refractivity contribution in [2.24, 2.45) is 11.7 Å². The van der Waals surface area contributed by atoms with Crippen LogP contribution in [0.5, 0.6) is 17.2 Å². The summed E-state index contributed by atoms with van der Waals surface area (Å²) in [4.78, 5) is 25.5. The van der Waals surface area contributed by atoms with Crippen LogP contribution in [0.2, 0.25) is 0 Å². The third-order valence-electron chi connectivity index (χ3n) is 4.49. The van der Waals surface area contributed by atoms with Crippen molar-refractivity contribution in [2.45, 2.75) is 19.4 Å². The van der Waals surface area contributed by atoms with Gasteiger partial charge in [0.1, 0.15) is 0 Å². The number of primary amides is 1. The first kappa shape index (κ1) is 19.8. The fourth-order valence-electron chi connectivity index (χ4n) is 3.13. The van der Waals surface area contributed by atoms with Crippen LogP contribution in [0.1, 0.15) is 18.4 Å². The highest BCUT2D eigenvalue weighted by Crippen LogP contribution is 2.38. The number of piperidine rings is 1. The van der Waals surface area contributed by atoms with Crippen LogP contribution in [-0.2, 0) is 16.1 Å². The first-order valence-corrected chi connectivity index (χ1v) is 8.55. The van der Waals surface area contributed by atoms with Crippen molar-refractivity contribution in [3.63, 3.8) is 0 Å². The molecule has 0 unspecified atom stereocenters. The number of amides is 2. The smallest absolute Gasteiger partial charge is 0.234 e. The molecule has 1 aliphatic rings. The van der Waals surface area contributed by atoms with Crippen LogP contribution in [-0.4, -0.2) is 57.7 Å². The topological polar surface area (TPSA) is 103 Å². The maximum atomic E-state index is 12.2. The lowest BCUT2D eigenvalue weighted by atomic mass is 9.97. The molecule has 8 heteroatoms. The number of benzene rings is 1. The monoisotopic (exact) mass is 365 g/mol. The third-order valence-corrected chi connectivity index (χ3v) is 4.49. The lowest BCUT2D eigenvalue weighted by Gasteiger charge is -2.30. The molecule has 2 amide bonds. The van der Waals surface area contributed by atoms with Crippen LogP contribution in [0.4, 0.5) is 0 Å². The van der Waals surface area contributed by atoms with Crippen molar-refractivity contribution in [3.8, 4) is 17.2 Å². The highest BCUT2D eigenvalue weighted by molar-refractivity contribution is 5.79. The van der Waals surface area contributed by atoms with Gasteiger partial charge in [0, 0.05) is 13.1 Å². The molecule has 1 aromatic rings. The summed E-state index contributed by atoms with van der Waals surface area (Å²) in [5.41, 5.74) is 6.21. The van der Waals surface area contributed by atoms with E-state index in [4.69, 9.17) is 19.9 Å². The highest BCUT2D eigenvalue weighted by Gasteiger charge is 2.25. The number of carbonyl (C=O) groups is 2. The molecule has 0 aromatic heterocycles. The summed E-state index contributed by atoms with van der Waals surface area (Å²) in [6.07, 6.45) is 1.66. The summed E-state index contributed by atoms with van der Waals surface area (Å²) in [6, 6.07) is 3.59. The average molecular weight is 365 g/mol. The van der Waals surface area contributed by atoms with E-state index in [0.29, 0.717) is 30.3 Å². The van der Waals surface area contributed by atoms with Crippen molar-refractivity contribution < 1.29 is 23.8 Å². The normalized spacial score (nSPS) is 17.4. The van der Waals surface area contributed by atoms with Gasteiger partial charge in [0.15, 0.2) is 11.5 Å². The fraction of sp³-hybridized carbons (Fsp3) is 0.556. The Morgan fingerprint density at radius 2 is 1.85 bits per heavy atom. The number of carbonyl (C=O) groups excluding carboxylic acids is 2. The number of nitrogens with two attached hydrogens (primary N) is 1. The van der Waals surface area contributed by atoms with E-state index in [9.17, 15) is 9.59 Å². The van der Waals surface area contributed by atoms with Gasteiger partial charge in [-0.05, 0) is 37.1 Å². The Balaban J connectivity index is 1.93. The van der Waals surface area contributed by atoms with E-state index in [-0.39, 0.29) is 24.3 Å². The molecule has 1 fully saturated rings. The molecule has 26 heavy (non-hydrogen) atoms. The molecule has 0 saturated carbocycles. The first-order chi connectivity index (χ1) is 12.5. The second kappa shape index (κ2) is 9.28. The molecular formula is C18H27N3O5. The molecule has 2 rings (SSSR count). The number of hydrogen-bond acceptors (Lipinski definition) is 6. The summed E-state index contributed by atoms with van der Waals surface area (Å²) in [7, 11) is 4.64. The van der Waals surface area contributed by atoms with E-state index >= 15 is 0 Å². The number of nitrogens with one attached hydrogen (secondary N) is 1. The maximum absolute atomic E-state index is 12.2. The Kier molecular flexibility index (Phi) is 7.08. The van der Waals surface area contributed by atoms with Crippen LogP contribution in [0.25, 0.3) is 0 Å². The maximum Gasteiger partial charge on any atom is 0.234 e. The minimum atomic E-state index is -0.299. The van der Waals surface area contributed by atoms with E-state index in [1.165, 1.54) is 0 Å². The zero-order valence-corrected chi connectivity index (χ0v) is 15.5. The van der Waals surface area contributed by atoms with Crippen LogP contribution in [0, 0.1) is 5.92 Å². The number of rotatable bonds is 8. The second-order valence-corrected chi connectivity index (χ2v) is 6.29. The van der Waals surface area contributed by atoms with Gasteiger partial charge in [-0.15, -0.1) is 0 Å². The quantitative estimate of drug-likeness (QED) is 0.696. The van der Waals surface area contributed by atoms with Gasteiger partial charge in [0.25, 0.3) is 0 Å². The second-order valence-electron chi connectivity index (χ2n) is 6.29. The first-order valence-electron chi connectivity index (χ1n) is 8.55. The van der Waals surface area contributed by atoms with Crippen LogP contribution in [0.15, 0.2) is 12.1 Å². The largest absolute Gasteiger partial charge is 0.493 e. The SMILES string of the molecule is COc1cc(CNC(=O)CN2CCC[C@@H](C(N)=O)C2)cc(OC)c1OC. The fourth-order valence-corrected chi connectivity index (χ4v) is 3.13. The summed E-state index contributed by atoms with van der Waals surface area (Å²) >= 11 is 0. The molecule has 1 aliphatic heterocycles. The molecule has 1 atom stereocenters. The molecule has 0 bridgehead atoms. The molecule has 1 heterocycles. The number of nitrogens with zero attached hydrogens (tertiary/aromatic N) is 1. The molecular weight excluding hydrogens is 338 g/mol. The minimum absolute atomic E-state index is 0.108. The lowest BCUT2D eigenvalue weighted by Crippen LogP contribution is -2.45. The van der Waals surface area contributed by atoms with Gasteiger partial charge < -0.3 is 25.3 Å². The predicted molar refractivity (Wildman–Crippen MR) is 96.3 cm³/mol. The van der Waals surface area contributed by atoms with Gasteiger partial charge in [-0.25, -0.2) is 0 Å². The van der Waals surface area contributed by atoms with Gasteiger partial charge >= 0.3 is 0 Å². The summed E-state index contributed by atoms with van der Waals surface area (Å²) in [5.74, 6) is 1.01. The van der Waals surface area contributed by atoms with Crippen LogP contribution < -0.4 is 25.3 Å². The third kappa shape index (κ3) is 5.01. The summed E-state index contributed by atoms with van der Waals surface area (Å²) in [5, 5.41) is 2.88. The number of likely N-dealkylation sites (tertiary alicyclic amines) is 1. The van der Waals surface area contributed by atoms with Gasteiger partial charge in [-0.3, -0.25) is 14.5 Å². The van der Waals surface area contributed by atoms with E-state index in [2.05, 4.69) is 5.32 Å². The standard InChI is InChI=1S/C18H27N3O5/c1-24-14-7-12(8-15(25-2)17(14)26-3)9-20-16(22)11-21-6-4-5-13(10-21)18(19)23/h7-8,13H,4-6,9-11H2,1-3H3,(H2,19,23)(H,20,22)/t13-/m1/s1. The zero-order chi connectivity index (χ0) is 19.1. The Morgan fingerprint density at radius 3 is 2.38 bits per heavy atom. The van der Waals surface area contributed by atoms with E-state index in [1.807, 2.05) is 4.90 Å². The van der Waals surface area contributed by atoms with Gasteiger partial charge in [-0.2, -0.15) is 0 Å². The summed E-state index contributed by atoms with van der Waals surface area (Å²) in [6.45, 7) is 1.91. The van der Waals surface area contributed by atoms with Crippen molar-refractivity contribution in [3.05, 3.63) is 17.7 Å². The zero-order valence-electron chi connectivity index (χ0n) is 15.5. The lowest BCUT2D eigenvalue weighted by molar-refractivity contribution is -0.126. The van der Waals surface area contributed by atoms with E-state index < -0.39 is 0 Å².